The molecular weight excluding hydrogens is 383 g/mol. The van der Waals surface area contributed by atoms with Crippen LogP contribution in [0, 0.1) is 12.7 Å². The second-order valence-electron chi connectivity index (χ2n) is 7.22. The molecule has 2 aliphatic rings. The SMILES string of the molecule is Cc1nc(S(=O)(=O)N2CCN(C(=O)c3ccc(F)cc3)CC2)c2n1CCCC2. The molecule has 7 nitrogen and oxygen atoms in total. The number of aromatic nitrogens is 2. The first-order valence-electron chi connectivity index (χ1n) is 9.49. The van der Waals surface area contributed by atoms with Gasteiger partial charge in [0.15, 0.2) is 5.03 Å². The van der Waals surface area contributed by atoms with E-state index < -0.39 is 15.8 Å². The summed E-state index contributed by atoms with van der Waals surface area (Å²) in [5.41, 5.74) is 1.20. The lowest BCUT2D eigenvalue weighted by atomic mass is 10.1. The zero-order valence-corrected chi connectivity index (χ0v) is 16.6. The number of piperazine rings is 1. The summed E-state index contributed by atoms with van der Waals surface area (Å²) in [6, 6.07) is 5.39. The summed E-state index contributed by atoms with van der Waals surface area (Å²) in [6.07, 6.45) is 2.72. The first-order chi connectivity index (χ1) is 13.4. The van der Waals surface area contributed by atoms with Crippen LogP contribution < -0.4 is 0 Å². The molecule has 3 heterocycles. The minimum absolute atomic E-state index is 0.169. The predicted molar refractivity (Wildman–Crippen MR) is 101 cm³/mol. The third kappa shape index (κ3) is 3.33. The number of aryl methyl sites for hydroxylation is 1. The van der Waals surface area contributed by atoms with E-state index in [-0.39, 0.29) is 24.0 Å². The molecule has 2 aliphatic heterocycles. The smallest absolute Gasteiger partial charge is 0.262 e. The number of hydrogen-bond donors (Lipinski definition) is 0. The van der Waals surface area contributed by atoms with Crippen molar-refractivity contribution in [1.29, 1.82) is 0 Å². The van der Waals surface area contributed by atoms with E-state index in [1.54, 1.807) is 4.90 Å². The summed E-state index contributed by atoms with van der Waals surface area (Å²) in [7, 11) is -3.69. The van der Waals surface area contributed by atoms with Crippen LogP contribution in [0.2, 0.25) is 0 Å². The van der Waals surface area contributed by atoms with Gasteiger partial charge in [0.25, 0.3) is 15.9 Å². The van der Waals surface area contributed by atoms with Gasteiger partial charge in [-0.25, -0.2) is 17.8 Å². The van der Waals surface area contributed by atoms with Crippen LogP contribution in [0.4, 0.5) is 4.39 Å². The summed E-state index contributed by atoms with van der Waals surface area (Å²) >= 11 is 0. The highest BCUT2D eigenvalue weighted by molar-refractivity contribution is 7.89. The summed E-state index contributed by atoms with van der Waals surface area (Å²) in [4.78, 5) is 18.5. The molecule has 28 heavy (non-hydrogen) atoms. The average molecular weight is 406 g/mol. The highest BCUT2D eigenvalue weighted by atomic mass is 32.2. The Morgan fingerprint density at radius 3 is 2.39 bits per heavy atom. The molecule has 150 valence electrons. The molecule has 1 fully saturated rings. The standard InChI is InChI=1S/C19H23FN4O3S/c1-14-21-18(17-4-2-3-9-24(14)17)28(26,27)23-12-10-22(11-13-23)19(25)15-5-7-16(20)8-6-15/h5-8H,2-4,9-13H2,1H3. The third-order valence-corrected chi connectivity index (χ3v) is 7.33. The Morgan fingerprint density at radius 2 is 1.71 bits per heavy atom. The van der Waals surface area contributed by atoms with Crippen LogP contribution in [0.5, 0.6) is 0 Å². The minimum atomic E-state index is -3.69. The largest absolute Gasteiger partial charge is 0.336 e. The fraction of sp³-hybridized carbons (Fsp3) is 0.474. The number of carbonyl (C=O) groups is 1. The molecule has 0 N–H and O–H groups in total. The zero-order valence-electron chi connectivity index (χ0n) is 15.8. The van der Waals surface area contributed by atoms with Gasteiger partial charge in [-0.1, -0.05) is 0 Å². The van der Waals surface area contributed by atoms with E-state index in [1.165, 1.54) is 28.6 Å². The van der Waals surface area contributed by atoms with Crippen LogP contribution in [0.1, 0.15) is 34.7 Å². The minimum Gasteiger partial charge on any atom is -0.336 e. The van der Waals surface area contributed by atoms with Gasteiger partial charge in [0, 0.05) is 38.3 Å². The summed E-state index contributed by atoms with van der Waals surface area (Å²) in [5.74, 6) is 0.122. The van der Waals surface area contributed by atoms with Crippen molar-refractivity contribution in [3.8, 4) is 0 Å². The van der Waals surface area contributed by atoms with Gasteiger partial charge in [-0.3, -0.25) is 4.79 Å². The van der Waals surface area contributed by atoms with Crippen molar-refractivity contribution >= 4 is 15.9 Å². The molecule has 0 saturated carbocycles. The molecule has 1 amide bonds. The number of benzene rings is 1. The molecule has 1 aromatic heterocycles. The van der Waals surface area contributed by atoms with E-state index in [2.05, 4.69) is 4.98 Å². The molecule has 0 atom stereocenters. The highest BCUT2D eigenvalue weighted by Gasteiger charge is 2.35. The van der Waals surface area contributed by atoms with Gasteiger partial charge in [0.1, 0.15) is 11.6 Å². The molecule has 0 unspecified atom stereocenters. The molecule has 2 aromatic rings. The highest BCUT2D eigenvalue weighted by Crippen LogP contribution is 2.27. The number of nitrogens with zero attached hydrogens (tertiary/aromatic N) is 4. The number of fused-ring (bicyclic) bond motifs is 1. The average Bonchev–Trinajstić information content (AvgIpc) is 3.06. The van der Waals surface area contributed by atoms with E-state index in [0.29, 0.717) is 18.7 Å². The molecule has 4 rings (SSSR count). The Bertz CT molecular complexity index is 993. The van der Waals surface area contributed by atoms with Gasteiger partial charge in [-0.05, 0) is 50.5 Å². The van der Waals surface area contributed by atoms with E-state index in [0.717, 1.165) is 37.3 Å². The van der Waals surface area contributed by atoms with Crippen molar-refractivity contribution < 1.29 is 17.6 Å². The van der Waals surface area contributed by atoms with Gasteiger partial charge in [0.05, 0.1) is 5.69 Å². The lowest BCUT2D eigenvalue weighted by Gasteiger charge is -2.34. The third-order valence-electron chi connectivity index (χ3n) is 5.47. The maximum atomic E-state index is 13.2. The van der Waals surface area contributed by atoms with Gasteiger partial charge in [-0.2, -0.15) is 4.31 Å². The fourth-order valence-electron chi connectivity index (χ4n) is 3.92. The predicted octanol–water partition coefficient (Wildman–Crippen LogP) is 1.81. The Hall–Kier alpha value is -2.26. The Kier molecular flexibility index (Phi) is 4.96. The van der Waals surface area contributed by atoms with Crippen molar-refractivity contribution in [2.75, 3.05) is 26.2 Å². The Balaban J connectivity index is 1.49. The van der Waals surface area contributed by atoms with Gasteiger partial charge in [0.2, 0.25) is 0 Å². The first-order valence-corrected chi connectivity index (χ1v) is 10.9. The molecule has 9 heteroatoms. The Labute approximate surface area is 163 Å². The topological polar surface area (TPSA) is 75.5 Å². The molecule has 0 bridgehead atoms. The zero-order chi connectivity index (χ0) is 19.9. The van der Waals surface area contributed by atoms with E-state index in [1.807, 2.05) is 11.5 Å². The maximum absolute atomic E-state index is 13.2. The lowest BCUT2D eigenvalue weighted by molar-refractivity contribution is 0.0697. The van der Waals surface area contributed by atoms with Crippen LogP contribution >= 0.6 is 0 Å². The van der Waals surface area contributed by atoms with E-state index >= 15 is 0 Å². The number of amides is 1. The summed E-state index contributed by atoms with van der Waals surface area (Å²) < 4.78 is 42.8. The van der Waals surface area contributed by atoms with Crippen molar-refractivity contribution in [3.63, 3.8) is 0 Å². The van der Waals surface area contributed by atoms with Gasteiger partial charge in [-0.15, -0.1) is 0 Å². The van der Waals surface area contributed by atoms with Crippen LogP contribution in [0.15, 0.2) is 29.3 Å². The van der Waals surface area contributed by atoms with Crippen molar-refractivity contribution in [3.05, 3.63) is 47.2 Å². The van der Waals surface area contributed by atoms with E-state index in [4.69, 9.17) is 0 Å². The number of carbonyl (C=O) groups excluding carboxylic acids is 1. The molecular formula is C19H23FN4O3S. The summed E-state index contributed by atoms with van der Waals surface area (Å²) in [5, 5.41) is 0.169. The number of halogens is 1. The Morgan fingerprint density at radius 1 is 1.04 bits per heavy atom. The quantitative estimate of drug-likeness (QED) is 0.779. The second-order valence-corrected chi connectivity index (χ2v) is 9.08. The second kappa shape index (κ2) is 7.29. The number of sulfonamides is 1. The summed E-state index contributed by atoms with van der Waals surface area (Å²) in [6.45, 7) is 3.69. The maximum Gasteiger partial charge on any atom is 0.262 e. The van der Waals surface area contributed by atoms with Crippen LogP contribution in [0.3, 0.4) is 0 Å². The van der Waals surface area contributed by atoms with E-state index in [9.17, 15) is 17.6 Å². The van der Waals surface area contributed by atoms with Gasteiger partial charge >= 0.3 is 0 Å². The molecule has 1 saturated heterocycles. The molecule has 0 radical (unpaired) electrons. The van der Waals surface area contributed by atoms with Crippen molar-refractivity contribution in [2.24, 2.45) is 0 Å². The lowest BCUT2D eigenvalue weighted by Crippen LogP contribution is -2.50. The monoisotopic (exact) mass is 406 g/mol. The molecule has 1 aromatic carbocycles. The van der Waals surface area contributed by atoms with Gasteiger partial charge < -0.3 is 9.47 Å². The molecule has 0 spiro atoms. The first kappa shape index (κ1) is 19.1. The van der Waals surface area contributed by atoms with Crippen LogP contribution in [-0.4, -0.2) is 59.3 Å². The molecule has 0 aliphatic carbocycles. The fourth-order valence-corrected chi connectivity index (χ4v) is 5.57. The number of hydrogen-bond acceptors (Lipinski definition) is 4. The normalized spacial score (nSPS) is 18.1. The van der Waals surface area contributed by atoms with Crippen LogP contribution in [-0.2, 0) is 23.0 Å². The van der Waals surface area contributed by atoms with Crippen LogP contribution in [0.25, 0.3) is 0 Å². The van der Waals surface area contributed by atoms with Crippen molar-refractivity contribution in [2.45, 2.75) is 37.8 Å². The number of imidazole rings is 1. The number of rotatable bonds is 3. The van der Waals surface area contributed by atoms with Crippen molar-refractivity contribution in [1.82, 2.24) is 18.8 Å².